The summed E-state index contributed by atoms with van der Waals surface area (Å²) in [6, 6.07) is 7.94. The van der Waals surface area contributed by atoms with Crippen molar-refractivity contribution in [3.63, 3.8) is 0 Å². The maximum Gasteiger partial charge on any atom is 0.211 e. The van der Waals surface area contributed by atoms with Crippen LogP contribution in [0.25, 0.3) is 11.1 Å². The fraction of sp³-hybridized carbons (Fsp3) is 0.222. The van der Waals surface area contributed by atoms with Gasteiger partial charge in [-0.2, -0.15) is 0 Å². The number of carbonyl (C=O) groups excluding carboxylic acids is 2. The molecule has 4 nitrogen and oxygen atoms in total. The number of rotatable bonds is 5. The second-order valence-corrected chi connectivity index (χ2v) is 5.49. The molecule has 2 N–H and O–H groups in total. The van der Waals surface area contributed by atoms with Gasteiger partial charge in [0, 0.05) is 22.5 Å². The van der Waals surface area contributed by atoms with Gasteiger partial charge < -0.3 is 10.6 Å². The summed E-state index contributed by atoms with van der Waals surface area (Å²) in [5.41, 5.74) is 7.70. The van der Waals surface area contributed by atoms with Crippen LogP contribution in [0.5, 0.6) is 0 Å². The van der Waals surface area contributed by atoms with Crippen LogP contribution in [-0.4, -0.2) is 12.8 Å². The number of carbonyl (C=O) groups is 2. The van der Waals surface area contributed by atoms with Crippen LogP contribution >= 0.6 is 0 Å². The Hall–Kier alpha value is -2.62. The molecule has 0 spiro atoms. The zero-order chi connectivity index (χ0) is 16.3. The zero-order valence-electron chi connectivity index (χ0n) is 13.3. The summed E-state index contributed by atoms with van der Waals surface area (Å²) in [6.45, 7) is 8.05. The molecule has 2 amide bonds. The lowest BCUT2D eigenvalue weighted by Crippen LogP contribution is -2.02. The van der Waals surface area contributed by atoms with Gasteiger partial charge in [0.05, 0.1) is 0 Å². The Morgan fingerprint density at radius 1 is 0.636 bits per heavy atom. The quantitative estimate of drug-likeness (QED) is 0.826. The summed E-state index contributed by atoms with van der Waals surface area (Å²) < 4.78 is 0. The molecule has 2 aromatic rings. The SMILES string of the molecule is Cc1cc(NC=O)c(-c2cc(C)c(C)cc2NC=O)cc1C. The van der Waals surface area contributed by atoms with E-state index in [4.69, 9.17) is 0 Å². The van der Waals surface area contributed by atoms with E-state index in [2.05, 4.69) is 10.6 Å². The van der Waals surface area contributed by atoms with Gasteiger partial charge in [-0.05, 0) is 74.2 Å². The summed E-state index contributed by atoms with van der Waals surface area (Å²) in [5.74, 6) is 0. The molecule has 0 atom stereocenters. The van der Waals surface area contributed by atoms with Gasteiger partial charge >= 0.3 is 0 Å². The van der Waals surface area contributed by atoms with Gasteiger partial charge in [0.15, 0.2) is 0 Å². The first-order valence-corrected chi connectivity index (χ1v) is 7.11. The molecule has 0 aliphatic rings. The molecule has 0 aliphatic heterocycles. The minimum Gasteiger partial charge on any atom is -0.328 e. The molecular weight excluding hydrogens is 276 g/mol. The van der Waals surface area contributed by atoms with Crippen LogP contribution in [0.15, 0.2) is 24.3 Å². The molecule has 0 aliphatic carbocycles. The number of benzene rings is 2. The third-order valence-corrected chi connectivity index (χ3v) is 3.99. The van der Waals surface area contributed by atoms with Crippen LogP contribution in [0.3, 0.4) is 0 Å². The van der Waals surface area contributed by atoms with Crippen molar-refractivity contribution in [3.05, 3.63) is 46.5 Å². The smallest absolute Gasteiger partial charge is 0.211 e. The Kier molecular flexibility index (Phi) is 4.61. The molecule has 0 saturated heterocycles. The highest BCUT2D eigenvalue weighted by Crippen LogP contribution is 2.37. The van der Waals surface area contributed by atoms with E-state index < -0.39 is 0 Å². The van der Waals surface area contributed by atoms with Gasteiger partial charge in [-0.15, -0.1) is 0 Å². The Labute approximate surface area is 130 Å². The molecule has 0 aromatic heterocycles. The number of aryl methyl sites for hydroxylation is 4. The molecule has 114 valence electrons. The van der Waals surface area contributed by atoms with E-state index in [0.717, 1.165) is 44.8 Å². The lowest BCUT2D eigenvalue weighted by molar-refractivity contribution is -0.106. The van der Waals surface area contributed by atoms with Crippen LogP contribution in [0.4, 0.5) is 11.4 Å². The van der Waals surface area contributed by atoms with Gasteiger partial charge in [-0.3, -0.25) is 9.59 Å². The molecule has 0 heterocycles. The molecule has 2 aromatic carbocycles. The molecule has 0 fully saturated rings. The fourth-order valence-corrected chi connectivity index (χ4v) is 2.44. The predicted octanol–water partition coefficient (Wildman–Crippen LogP) is 3.72. The highest BCUT2D eigenvalue weighted by atomic mass is 16.1. The van der Waals surface area contributed by atoms with Crippen molar-refractivity contribution in [2.75, 3.05) is 10.6 Å². The lowest BCUT2D eigenvalue weighted by atomic mass is 9.94. The fourth-order valence-electron chi connectivity index (χ4n) is 2.44. The molecule has 0 radical (unpaired) electrons. The summed E-state index contributed by atoms with van der Waals surface area (Å²) in [7, 11) is 0. The monoisotopic (exact) mass is 296 g/mol. The predicted molar refractivity (Wildman–Crippen MR) is 90.2 cm³/mol. The third kappa shape index (κ3) is 3.01. The zero-order valence-corrected chi connectivity index (χ0v) is 13.3. The number of hydrogen-bond acceptors (Lipinski definition) is 2. The second-order valence-electron chi connectivity index (χ2n) is 5.49. The molecule has 0 saturated carbocycles. The van der Waals surface area contributed by atoms with E-state index in [1.807, 2.05) is 52.0 Å². The molecule has 0 bridgehead atoms. The average Bonchev–Trinajstić information content (AvgIpc) is 2.47. The van der Waals surface area contributed by atoms with E-state index in [-0.39, 0.29) is 0 Å². The summed E-state index contributed by atoms with van der Waals surface area (Å²) in [6.07, 6.45) is 1.34. The van der Waals surface area contributed by atoms with E-state index in [0.29, 0.717) is 12.8 Å². The van der Waals surface area contributed by atoms with Crippen molar-refractivity contribution >= 4 is 24.2 Å². The lowest BCUT2D eigenvalue weighted by Gasteiger charge is -2.17. The number of anilines is 2. The van der Waals surface area contributed by atoms with Gasteiger partial charge in [-0.25, -0.2) is 0 Å². The van der Waals surface area contributed by atoms with Crippen LogP contribution in [0.1, 0.15) is 22.3 Å². The number of hydrogen-bond donors (Lipinski definition) is 2. The standard InChI is InChI=1S/C18H20N2O2/c1-11-5-15(17(19-9-21)7-13(11)3)16-6-12(2)14(4)8-18(16)20-10-22/h5-10H,1-4H3,(H,19,21)(H,20,22). The first-order valence-electron chi connectivity index (χ1n) is 7.11. The minimum atomic E-state index is 0.668. The van der Waals surface area contributed by atoms with Crippen LogP contribution < -0.4 is 10.6 Å². The summed E-state index contributed by atoms with van der Waals surface area (Å²) >= 11 is 0. The third-order valence-electron chi connectivity index (χ3n) is 3.99. The summed E-state index contributed by atoms with van der Waals surface area (Å²) in [5, 5.41) is 5.50. The van der Waals surface area contributed by atoms with E-state index in [9.17, 15) is 9.59 Å². The Balaban J connectivity index is 2.74. The number of nitrogens with one attached hydrogen (secondary N) is 2. The van der Waals surface area contributed by atoms with Crippen molar-refractivity contribution in [3.8, 4) is 11.1 Å². The van der Waals surface area contributed by atoms with Crippen molar-refractivity contribution in [1.82, 2.24) is 0 Å². The van der Waals surface area contributed by atoms with Crippen molar-refractivity contribution in [2.45, 2.75) is 27.7 Å². The highest BCUT2D eigenvalue weighted by Gasteiger charge is 2.13. The van der Waals surface area contributed by atoms with Gasteiger partial charge in [0.25, 0.3) is 0 Å². The van der Waals surface area contributed by atoms with Gasteiger partial charge in [0.1, 0.15) is 0 Å². The first kappa shape index (κ1) is 15.8. The van der Waals surface area contributed by atoms with E-state index in [1.165, 1.54) is 0 Å². The minimum absolute atomic E-state index is 0.668. The van der Waals surface area contributed by atoms with E-state index >= 15 is 0 Å². The Morgan fingerprint density at radius 2 is 0.955 bits per heavy atom. The largest absolute Gasteiger partial charge is 0.328 e. The molecule has 2 rings (SSSR count). The van der Waals surface area contributed by atoms with Crippen molar-refractivity contribution < 1.29 is 9.59 Å². The Bertz CT molecular complexity index is 673. The summed E-state index contributed by atoms with van der Waals surface area (Å²) in [4.78, 5) is 21.8. The number of amides is 2. The van der Waals surface area contributed by atoms with Crippen molar-refractivity contribution in [2.24, 2.45) is 0 Å². The second kappa shape index (κ2) is 6.43. The molecule has 0 unspecified atom stereocenters. The Morgan fingerprint density at radius 3 is 1.27 bits per heavy atom. The molecule has 22 heavy (non-hydrogen) atoms. The van der Waals surface area contributed by atoms with Gasteiger partial charge in [0.2, 0.25) is 12.8 Å². The maximum absolute atomic E-state index is 10.9. The van der Waals surface area contributed by atoms with Crippen LogP contribution in [0.2, 0.25) is 0 Å². The van der Waals surface area contributed by atoms with Crippen LogP contribution in [-0.2, 0) is 9.59 Å². The average molecular weight is 296 g/mol. The molecule has 4 heteroatoms. The van der Waals surface area contributed by atoms with Crippen molar-refractivity contribution in [1.29, 1.82) is 0 Å². The highest BCUT2D eigenvalue weighted by molar-refractivity contribution is 5.94. The van der Waals surface area contributed by atoms with Crippen LogP contribution in [0, 0.1) is 27.7 Å². The first-order chi connectivity index (χ1) is 10.5. The van der Waals surface area contributed by atoms with E-state index in [1.54, 1.807) is 0 Å². The van der Waals surface area contributed by atoms with Gasteiger partial charge in [-0.1, -0.05) is 0 Å². The topological polar surface area (TPSA) is 58.2 Å². The molecular formula is C18H20N2O2. The normalized spacial score (nSPS) is 10.2. The maximum atomic E-state index is 10.9.